The van der Waals surface area contributed by atoms with E-state index < -0.39 is 0 Å². The molecule has 162 valence electrons. The van der Waals surface area contributed by atoms with Crippen LogP contribution in [-0.4, -0.2) is 34.2 Å². The fourth-order valence-corrected chi connectivity index (χ4v) is 3.86. The number of unbranched alkanes of at least 4 members (excludes halogenated alkanes) is 13. The molecular formula is C25H46N2O. The van der Waals surface area contributed by atoms with Gasteiger partial charge in [-0.3, -0.25) is 9.88 Å². The van der Waals surface area contributed by atoms with Crippen molar-refractivity contribution in [1.82, 2.24) is 9.88 Å². The quantitative estimate of drug-likeness (QED) is 0.266. The van der Waals surface area contributed by atoms with Gasteiger partial charge in [-0.15, -0.1) is 0 Å². The number of aliphatic hydroxyl groups excluding tert-OH is 1. The molecule has 1 aromatic rings. The molecular weight excluding hydrogens is 344 g/mol. The Bertz CT molecular complexity index is 435. The molecule has 1 rings (SSSR count). The largest absolute Gasteiger partial charge is 0.392 e. The van der Waals surface area contributed by atoms with Crippen molar-refractivity contribution >= 4 is 0 Å². The molecule has 0 aliphatic rings. The van der Waals surface area contributed by atoms with Gasteiger partial charge in [0.1, 0.15) is 0 Å². The molecule has 0 saturated heterocycles. The summed E-state index contributed by atoms with van der Waals surface area (Å²) >= 11 is 0. The minimum Gasteiger partial charge on any atom is -0.392 e. The number of aliphatic hydroxyl groups is 1. The van der Waals surface area contributed by atoms with Gasteiger partial charge in [0.2, 0.25) is 0 Å². The topological polar surface area (TPSA) is 36.4 Å². The SMILES string of the molecule is CCCCCCCCCCCCCCCCN(Cc1ccccn1)C[C@@H](C)O. The van der Waals surface area contributed by atoms with Crippen LogP contribution in [0.1, 0.15) is 109 Å². The van der Waals surface area contributed by atoms with Crippen LogP contribution in [0.4, 0.5) is 0 Å². The lowest BCUT2D eigenvalue weighted by molar-refractivity contribution is 0.120. The lowest BCUT2D eigenvalue weighted by atomic mass is 10.0. The summed E-state index contributed by atoms with van der Waals surface area (Å²) in [6.07, 6.45) is 21.1. The lowest BCUT2D eigenvalue weighted by Crippen LogP contribution is -2.31. The van der Waals surface area contributed by atoms with Gasteiger partial charge < -0.3 is 5.11 Å². The predicted octanol–water partition coefficient (Wildman–Crippen LogP) is 6.75. The molecule has 0 saturated carbocycles. The van der Waals surface area contributed by atoms with Gasteiger partial charge in [0.15, 0.2) is 0 Å². The van der Waals surface area contributed by atoms with Crippen LogP contribution in [0.25, 0.3) is 0 Å². The van der Waals surface area contributed by atoms with Crippen molar-refractivity contribution in [2.24, 2.45) is 0 Å². The Morgan fingerprint density at radius 1 is 0.821 bits per heavy atom. The Morgan fingerprint density at radius 2 is 1.36 bits per heavy atom. The molecule has 1 heterocycles. The van der Waals surface area contributed by atoms with E-state index in [1.807, 2.05) is 25.3 Å². The summed E-state index contributed by atoms with van der Waals surface area (Å²) < 4.78 is 0. The average molecular weight is 391 g/mol. The van der Waals surface area contributed by atoms with E-state index in [1.54, 1.807) is 0 Å². The number of pyridine rings is 1. The first-order chi connectivity index (χ1) is 13.7. The van der Waals surface area contributed by atoms with Crippen molar-refractivity contribution in [3.63, 3.8) is 0 Å². The highest BCUT2D eigenvalue weighted by molar-refractivity contribution is 5.03. The Hall–Kier alpha value is -0.930. The molecule has 28 heavy (non-hydrogen) atoms. The van der Waals surface area contributed by atoms with Gasteiger partial charge in [0.25, 0.3) is 0 Å². The summed E-state index contributed by atoms with van der Waals surface area (Å²) in [7, 11) is 0. The fourth-order valence-electron chi connectivity index (χ4n) is 3.86. The van der Waals surface area contributed by atoms with Crippen LogP contribution < -0.4 is 0 Å². The highest BCUT2D eigenvalue weighted by Crippen LogP contribution is 2.13. The number of rotatable bonds is 19. The molecule has 3 heteroatoms. The first-order valence-corrected chi connectivity index (χ1v) is 12.0. The summed E-state index contributed by atoms with van der Waals surface area (Å²) in [5, 5.41) is 9.75. The number of hydrogen-bond donors (Lipinski definition) is 1. The number of aromatic nitrogens is 1. The predicted molar refractivity (Wildman–Crippen MR) is 122 cm³/mol. The Kier molecular flexibility index (Phi) is 16.2. The number of nitrogens with zero attached hydrogens (tertiary/aromatic N) is 2. The minimum absolute atomic E-state index is 0.282. The van der Waals surface area contributed by atoms with E-state index in [0.29, 0.717) is 0 Å². The summed E-state index contributed by atoms with van der Waals surface area (Å²) in [6, 6.07) is 6.06. The maximum absolute atomic E-state index is 9.75. The summed E-state index contributed by atoms with van der Waals surface area (Å²) in [6.45, 7) is 6.78. The molecule has 0 unspecified atom stereocenters. The third kappa shape index (κ3) is 15.0. The molecule has 0 bridgehead atoms. The standard InChI is InChI=1S/C25H46N2O/c1-3-4-5-6-7-8-9-10-11-12-13-14-15-18-21-27(22-24(2)28)23-25-19-16-17-20-26-25/h16-17,19-20,24,28H,3-15,18,21-23H2,1-2H3/t24-/m1/s1. The van der Waals surface area contributed by atoms with Gasteiger partial charge in [-0.2, -0.15) is 0 Å². The second-order valence-electron chi connectivity index (χ2n) is 8.50. The van der Waals surface area contributed by atoms with Crippen LogP contribution in [-0.2, 0) is 6.54 Å². The molecule has 0 radical (unpaired) electrons. The minimum atomic E-state index is -0.282. The van der Waals surface area contributed by atoms with Crippen molar-refractivity contribution in [2.75, 3.05) is 13.1 Å². The van der Waals surface area contributed by atoms with E-state index in [4.69, 9.17) is 0 Å². The van der Waals surface area contributed by atoms with E-state index in [-0.39, 0.29) is 6.10 Å². The molecule has 0 spiro atoms. The van der Waals surface area contributed by atoms with Gasteiger partial charge >= 0.3 is 0 Å². The van der Waals surface area contributed by atoms with Gasteiger partial charge in [-0.1, -0.05) is 96.5 Å². The normalized spacial score (nSPS) is 12.6. The Labute approximate surface area is 175 Å². The first kappa shape index (κ1) is 25.1. The molecule has 1 N–H and O–H groups in total. The second-order valence-corrected chi connectivity index (χ2v) is 8.50. The van der Waals surface area contributed by atoms with Gasteiger partial charge in [0, 0.05) is 19.3 Å². The zero-order chi connectivity index (χ0) is 20.3. The molecule has 0 fully saturated rings. The maximum Gasteiger partial charge on any atom is 0.0639 e. The zero-order valence-corrected chi connectivity index (χ0v) is 18.7. The van der Waals surface area contributed by atoms with E-state index in [9.17, 15) is 5.11 Å². The van der Waals surface area contributed by atoms with Crippen LogP contribution in [0.3, 0.4) is 0 Å². The molecule has 1 atom stereocenters. The van der Waals surface area contributed by atoms with E-state index in [1.165, 1.54) is 89.9 Å². The van der Waals surface area contributed by atoms with Crippen LogP contribution in [0.15, 0.2) is 24.4 Å². The van der Waals surface area contributed by atoms with E-state index in [2.05, 4.69) is 22.9 Å². The average Bonchev–Trinajstić information content (AvgIpc) is 2.68. The number of hydrogen-bond acceptors (Lipinski definition) is 3. The van der Waals surface area contributed by atoms with Crippen LogP contribution in [0.5, 0.6) is 0 Å². The molecule has 0 amide bonds. The highest BCUT2D eigenvalue weighted by Gasteiger charge is 2.09. The highest BCUT2D eigenvalue weighted by atomic mass is 16.3. The first-order valence-electron chi connectivity index (χ1n) is 12.0. The third-order valence-corrected chi connectivity index (χ3v) is 5.46. The molecule has 1 aromatic heterocycles. The third-order valence-electron chi connectivity index (χ3n) is 5.46. The summed E-state index contributed by atoms with van der Waals surface area (Å²) in [5.41, 5.74) is 1.09. The molecule has 0 aromatic carbocycles. The lowest BCUT2D eigenvalue weighted by Gasteiger charge is -2.23. The second kappa shape index (κ2) is 18.1. The van der Waals surface area contributed by atoms with Gasteiger partial charge in [0.05, 0.1) is 11.8 Å². The van der Waals surface area contributed by atoms with Crippen LogP contribution in [0.2, 0.25) is 0 Å². The van der Waals surface area contributed by atoms with Crippen LogP contribution in [0, 0.1) is 0 Å². The summed E-state index contributed by atoms with van der Waals surface area (Å²) in [5.74, 6) is 0. The smallest absolute Gasteiger partial charge is 0.0639 e. The molecule has 0 aliphatic carbocycles. The van der Waals surface area contributed by atoms with Crippen molar-refractivity contribution < 1.29 is 5.11 Å². The summed E-state index contributed by atoms with van der Waals surface area (Å²) in [4.78, 5) is 6.76. The monoisotopic (exact) mass is 390 g/mol. The Morgan fingerprint density at radius 3 is 1.82 bits per heavy atom. The van der Waals surface area contributed by atoms with Gasteiger partial charge in [-0.25, -0.2) is 0 Å². The fraction of sp³-hybridized carbons (Fsp3) is 0.800. The van der Waals surface area contributed by atoms with E-state index >= 15 is 0 Å². The van der Waals surface area contributed by atoms with Crippen molar-refractivity contribution in [1.29, 1.82) is 0 Å². The van der Waals surface area contributed by atoms with Crippen molar-refractivity contribution in [3.8, 4) is 0 Å². The molecule has 0 aliphatic heterocycles. The maximum atomic E-state index is 9.75. The van der Waals surface area contributed by atoms with E-state index in [0.717, 1.165) is 25.3 Å². The van der Waals surface area contributed by atoms with Crippen molar-refractivity contribution in [2.45, 2.75) is 116 Å². The Balaban J connectivity index is 1.96. The molecule has 3 nitrogen and oxygen atoms in total. The van der Waals surface area contributed by atoms with Crippen LogP contribution >= 0.6 is 0 Å². The zero-order valence-electron chi connectivity index (χ0n) is 18.7. The van der Waals surface area contributed by atoms with Crippen molar-refractivity contribution in [3.05, 3.63) is 30.1 Å². The van der Waals surface area contributed by atoms with Gasteiger partial charge in [-0.05, 0) is 32.0 Å².